The van der Waals surface area contributed by atoms with Crippen LogP contribution in [0, 0.1) is 12.8 Å². The lowest BCUT2D eigenvalue weighted by molar-refractivity contribution is 0.522. The molecule has 2 unspecified atom stereocenters. The van der Waals surface area contributed by atoms with Crippen molar-refractivity contribution in [2.45, 2.75) is 46.0 Å². The first-order valence-corrected chi connectivity index (χ1v) is 6.14. The summed E-state index contributed by atoms with van der Waals surface area (Å²) in [5.74, 6) is 0.408. The van der Waals surface area contributed by atoms with Crippen LogP contribution in [0.1, 0.15) is 32.2 Å². The maximum Gasteiger partial charge on any atom is 0.0847 e. The monoisotopic (exact) mass is 248 g/mol. The van der Waals surface area contributed by atoms with Gasteiger partial charge in [-0.05, 0) is 33.1 Å². The summed E-state index contributed by atoms with van der Waals surface area (Å²) in [7, 11) is 0. The van der Waals surface area contributed by atoms with Gasteiger partial charge >= 0.3 is 0 Å². The van der Waals surface area contributed by atoms with Crippen LogP contribution in [0.5, 0.6) is 0 Å². The van der Waals surface area contributed by atoms with Crippen LogP contribution < -0.4 is 0 Å². The molecule has 0 amide bonds. The third-order valence-electron chi connectivity index (χ3n) is 2.75. The summed E-state index contributed by atoms with van der Waals surface area (Å²) in [4.78, 5) is 0. The molecule has 0 saturated heterocycles. The molecule has 0 saturated carbocycles. The number of rotatable bonds is 4. The van der Waals surface area contributed by atoms with Crippen LogP contribution in [0.15, 0.2) is 0 Å². The van der Waals surface area contributed by atoms with Crippen LogP contribution in [0.4, 0.5) is 0 Å². The number of aryl methyl sites for hydroxylation is 2. The summed E-state index contributed by atoms with van der Waals surface area (Å²) in [6.07, 6.45) is 0.887. The summed E-state index contributed by atoms with van der Waals surface area (Å²) in [5, 5.41) is 5.33. The fraction of sp³-hybridized carbons (Fsp3) is 0.727. The summed E-state index contributed by atoms with van der Waals surface area (Å²) in [6.45, 7) is 9.01. The highest BCUT2D eigenvalue weighted by Gasteiger charge is 2.17. The molecule has 2 nitrogen and oxygen atoms in total. The van der Waals surface area contributed by atoms with E-state index in [1.54, 1.807) is 0 Å². The summed E-state index contributed by atoms with van der Waals surface area (Å²) >= 11 is 12.3. The van der Waals surface area contributed by atoms with Gasteiger partial charge < -0.3 is 0 Å². The molecule has 0 aromatic carbocycles. The third-order valence-corrected chi connectivity index (χ3v) is 3.67. The Bertz CT molecular complexity index is 332. The van der Waals surface area contributed by atoms with E-state index < -0.39 is 0 Å². The molecule has 2 atom stereocenters. The lowest BCUT2D eigenvalue weighted by Crippen LogP contribution is -2.14. The van der Waals surface area contributed by atoms with Crippen molar-refractivity contribution in [2.75, 3.05) is 0 Å². The highest BCUT2D eigenvalue weighted by Crippen LogP contribution is 2.25. The molecule has 1 heterocycles. The van der Waals surface area contributed by atoms with Crippen molar-refractivity contribution in [3.63, 3.8) is 0 Å². The van der Waals surface area contributed by atoms with Crippen molar-refractivity contribution < 1.29 is 0 Å². The molecule has 4 heteroatoms. The Hall–Kier alpha value is -0.210. The first-order valence-electron chi connectivity index (χ1n) is 5.33. The summed E-state index contributed by atoms with van der Waals surface area (Å²) in [6, 6.07) is 0. The maximum absolute atomic E-state index is 6.22. The molecular weight excluding hydrogens is 231 g/mol. The highest BCUT2D eigenvalue weighted by molar-refractivity contribution is 6.31. The number of hydrogen-bond acceptors (Lipinski definition) is 1. The zero-order valence-corrected chi connectivity index (χ0v) is 11.2. The fourth-order valence-electron chi connectivity index (χ4n) is 1.53. The molecule has 0 aliphatic rings. The van der Waals surface area contributed by atoms with E-state index in [2.05, 4.69) is 18.9 Å². The predicted octanol–water partition coefficient (Wildman–Crippen LogP) is 3.67. The summed E-state index contributed by atoms with van der Waals surface area (Å²) in [5.41, 5.74) is 2.01. The number of nitrogens with zero attached hydrogens (tertiary/aromatic N) is 2. The second kappa shape index (κ2) is 5.22. The zero-order valence-electron chi connectivity index (χ0n) is 9.72. The Labute approximate surface area is 102 Å². The predicted molar refractivity (Wildman–Crippen MR) is 65.8 cm³/mol. The molecule has 0 radical (unpaired) electrons. The molecule has 0 N–H and O–H groups in total. The molecule has 0 fully saturated rings. The highest BCUT2D eigenvalue weighted by atomic mass is 35.5. The molecule has 1 aromatic rings. The quantitative estimate of drug-likeness (QED) is 0.744. The van der Waals surface area contributed by atoms with Crippen molar-refractivity contribution in [1.82, 2.24) is 9.78 Å². The average Bonchev–Trinajstić information content (AvgIpc) is 2.45. The first-order chi connectivity index (χ1) is 6.97. The Morgan fingerprint density at radius 1 is 1.40 bits per heavy atom. The number of hydrogen-bond donors (Lipinski definition) is 0. The van der Waals surface area contributed by atoms with Crippen LogP contribution in [0.25, 0.3) is 0 Å². The molecule has 0 aliphatic heterocycles. The molecule has 1 rings (SSSR count). The normalized spacial score (nSPS) is 15.3. The van der Waals surface area contributed by atoms with Crippen LogP contribution in [-0.4, -0.2) is 15.2 Å². The van der Waals surface area contributed by atoms with Gasteiger partial charge in [0.1, 0.15) is 0 Å². The van der Waals surface area contributed by atoms with Gasteiger partial charge in [0.25, 0.3) is 0 Å². The largest absolute Gasteiger partial charge is 0.268 e. The van der Waals surface area contributed by atoms with Gasteiger partial charge in [-0.1, -0.05) is 18.5 Å². The van der Waals surface area contributed by atoms with E-state index in [-0.39, 0.29) is 5.38 Å². The van der Waals surface area contributed by atoms with Crippen LogP contribution in [0.2, 0.25) is 5.02 Å². The second-order valence-electron chi connectivity index (χ2n) is 4.02. The zero-order chi connectivity index (χ0) is 11.6. The Balaban J connectivity index is 2.92. The molecular formula is C11H18Cl2N2. The van der Waals surface area contributed by atoms with Gasteiger partial charge in [-0.25, -0.2) is 0 Å². The maximum atomic E-state index is 6.22. The number of aromatic nitrogens is 2. The smallest absolute Gasteiger partial charge is 0.0847 e. The molecule has 0 spiro atoms. The summed E-state index contributed by atoms with van der Waals surface area (Å²) < 4.78 is 1.97. The molecule has 86 valence electrons. The van der Waals surface area contributed by atoms with Crippen molar-refractivity contribution in [3.8, 4) is 0 Å². The molecule has 0 bridgehead atoms. The number of alkyl halides is 1. The van der Waals surface area contributed by atoms with Crippen molar-refractivity contribution in [3.05, 3.63) is 16.4 Å². The van der Waals surface area contributed by atoms with Crippen LogP contribution >= 0.6 is 23.2 Å². The van der Waals surface area contributed by atoms with Crippen molar-refractivity contribution >= 4 is 23.2 Å². The Morgan fingerprint density at radius 3 is 2.47 bits per heavy atom. The lowest BCUT2D eigenvalue weighted by Gasteiger charge is -2.14. The SMILES string of the molecule is CCn1nc(C)c(Cl)c1CC(C)C(C)Cl. The van der Waals surface area contributed by atoms with Gasteiger partial charge in [0, 0.05) is 11.9 Å². The molecule has 1 aromatic heterocycles. The van der Waals surface area contributed by atoms with E-state index in [1.165, 1.54) is 0 Å². The van der Waals surface area contributed by atoms with E-state index in [0.717, 1.165) is 29.4 Å². The van der Waals surface area contributed by atoms with E-state index in [1.807, 2.05) is 18.5 Å². The Morgan fingerprint density at radius 2 is 2.00 bits per heavy atom. The molecule has 0 aliphatic carbocycles. The lowest BCUT2D eigenvalue weighted by atomic mass is 10.0. The average molecular weight is 249 g/mol. The molecule has 15 heavy (non-hydrogen) atoms. The van der Waals surface area contributed by atoms with Gasteiger partial charge in [-0.15, -0.1) is 11.6 Å². The second-order valence-corrected chi connectivity index (χ2v) is 5.09. The van der Waals surface area contributed by atoms with E-state index >= 15 is 0 Å². The first kappa shape index (κ1) is 12.9. The van der Waals surface area contributed by atoms with Crippen molar-refractivity contribution in [1.29, 1.82) is 0 Å². The van der Waals surface area contributed by atoms with Gasteiger partial charge in [0.2, 0.25) is 0 Å². The Kier molecular flexibility index (Phi) is 4.47. The topological polar surface area (TPSA) is 17.8 Å². The minimum atomic E-state index is 0.154. The van der Waals surface area contributed by atoms with E-state index in [0.29, 0.717) is 5.92 Å². The van der Waals surface area contributed by atoms with Gasteiger partial charge in [-0.2, -0.15) is 5.10 Å². The third kappa shape index (κ3) is 2.88. The van der Waals surface area contributed by atoms with Crippen molar-refractivity contribution in [2.24, 2.45) is 5.92 Å². The number of halogens is 2. The van der Waals surface area contributed by atoms with Gasteiger partial charge in [0.15, 0.2) is 0 Å². The minimum absolute atomic E-state index is 0.154. The van der Waals surface area contributed by atoms with E-state index in [4.69, 9.17) is 23.2 Å². The minimum Gasteiger partial charge on any atom is -0.268 e. The van der Waals surface area contributed by atoms with Crippen LogP contribution in [0.3, 0.4) is 0 Å². The van der Waals surface area contributed by atoms with Crippen LogP contribution in [-0.2, 0) is 13.0 Å². The van der Waals surface area contributed by atoms with Gasteiger partial charge in [0.05, 0.1) is 16.4 Å². The van der Waals surface area contributed by atoms with Gasteiger partial charge in [-0.3, -0.25) is 4.68 Å². The standard InChI is InChI=1S/C11H18Cl2N2/c1-5-15-10(6-7(2)8(3)12)11(13)9(4)14-15/h7-8H,5-6H2,1-4H3. The van der Waals surface area contributed by atoms with E-state index in [9.17, 15) is 0 Å². The fourth-order valence-corrected chi connectivity index (χ4v) is 1.83.